The van der Waals surface area contributed by atoms with Crippen molar-refractivity contribution in [3.05, 3.63) is 39.9 Å². The van der Waals surface area contributed by atoms with E-state index in [1.807, 2.05) is 12.1 Å². The Balaban J connectivity index is 1.49. The van der Waals surface area contributed by atoms with Gasteiger partial charge in [0.15, 0.2) is 0 Å². The highest BCUT2D eigenvalue weighted by atomic mass is 16.6. The van der Waals surface area contributed by atoms with Crippen LogP contribution in [0.5, 0.6) is 0 Å². The molecule has 2 saturated heterocycles. The Bertz CT molecular complexity index is 496. The quantitative estimate of drug-likeness (QED) is 0.640. The van der Waals surface area contributed by atoms with E-state index in [2.05, 4.69) is 15.1 Å². The van der Waals surface area contributed by atoms with E-state index in [0.717, 1.165) is 63.8 Å². The maximum absolute atomic E-state index is 11.0. The monoisotopic (exact) mass is 290 g/mol. The highest BCUT2D eigenvalue weighted by Crippen LogP contribution is 2.19. The van der Waals surface area contributed by atoms with E-state index >= 15 is 0 Å². The third kappa shape index (κ3) is 3.40. The van der Waals surface area contributed by atoms with Crippen molar-refractivity contribution in [2.24, 2.45) is 0 Å². The van der Waals surface area contributed by atoms with E-state index in [0.29, 0.717) is 0 Å². The summed E-state index contributed by atoms with van der Waals surface area (Å²) in [4.78, 5) is 15.7. The van der Waals surface area contributed by atoms with Crippen LogP contribution in [0.25, 0.3) is 0 Å². The molecule has 0 bridgehead atoms. The average molecular weight is 290 g/mol. The van der Waals surface area contributed by atoms with Gasteiger partial charge in [-0.2, -0.15) is 0 Å². The van der Waals surface area contributed by atoms with Crippen molar-refractivity contribution in [1.29, 1.82) is 0 Å². The van der Waals surface area contributed by atoms with Crippen molar-refractivity contribution >= 4 is 5.69 Å². The molecule has 1 aromatic carbocycles. The van der Waals surface area contributed by atoms with Gasteiger partial charge in [0.25, 0.3) is 5.69 Å². The normalized spacial score (nSPS) is 21.1. The first kappa shape index (κ1) is 14.4. The van der Waals surface area contributed by atoms with E-state index in [1.165, 1.54) is 0 Å². The Hall–Kier alpha value is -1.50. The highest BCUT2D eigenvalue weighted by molar-refractivity contribution is 5.39. The molecule has 0 saturated carbocycles. The third-order valence-electron chi connectivity index (χ3n) is 4.57. The molecule has 2 heterocycles. The molecule has 0 aliphatic carbocycles. The van der Waals surface area contributed by atoms with Crippen LogP contribution in [0.15, 0.2) is 24.3 Å². The summed E-state index contributed by atoms with van der Waals surface area (Å²) in [5.74, 6) is 0. The van der Waals surface area contributed by atoms with E-state index in [4.69, 9.17) is 0 Å². The van der Waals surface area contributed by atoms with Crippen molar-refractivity contribution in [3.63, 3.8) is 0 Å². The van der Waals surface area contributed by atoms with Crippen LogP contribution in [-0.2, 0) is 6.42 Å². The van der Waals surface area contributed by atoms with Gasteiger partial charge in [-0.15, -0.1) is 0 Å². The topological polar surface area (TPSA) is 61.7 Å². The number of benzene rings is 1. The number of nitro groups is 1. The van der Waals surface area contributed by atoms with Crippen molar-refractivity contribution in [1.82, 2.24) is 15.1 Å². The molecule has 0 unspecified atom stereocenters. The summed E-state index contributed by atoms with van der Waals surface area (Å²) in [6, 6.07) is 7.80. The van der Waals surface area contributed by atoms with Gasteiger partial charge in [0.05, 0.1) is 4.92 Å². The molecular formula is C15H22N4O2. The van der Waals surface area contributed by atoms with Crippen LogP contribution in [-0.4, -0.2) is 66.6 Å². The molecule has 0 aromatic heterocycles. The Kier molecular flexibility index (Phi) is 4.48. The van der Waals surface area contributed by atoms with Crippen LogP contribution >= 0.6 is 0 Å². The number of nitro benzene ring substituents is 1. The number of para-hydroxylation sites is 1. The van der Waals surface area contributed by atoms with Crippen LogP contribution in [0.4, 0.5) is 5.69 Å². The van der Waals surface area contributed by atoms with Gasteiger partial charge < -0.3 is 10.2 Å². The minimum Gasteiger partial charge on any atom is -0.314 e. The number of hydrogen-bond acceptors (Lipinski definition) is 5. The van der Waals surface area contributed by atoms with Crippen LogP contribution < -0.4 is 5.32 Å². The molecule has 6 heteroatoms. The molecule has 0 atom stereocenters. The number of piperazine rings is 1. The Morgan fingerprint density at radius 1 is 1.19 bits per heavy atom. The second-order valence-corrected chi connectivity index (χ2v) is 5.83. The zero-order chi connectivity index (χ0) is 14.7. The number of nitrogens with zero attached hydrogens (tertiary/aromatic N) is 3. The summed E-state index contributed by atoms with van der Waals surface area (Å²) < 4.78 is 0. The molecule has 2 aliphatic heterocycles. The summed E-state index contributed by atoms with van der Waals surface area (Å²) in [5.41, 5.74) is 1.09. The molecule has 2 fully saturated rings. The lowest BCUT2D eigenvalue weighted by atomic mass is 10.1. The minimum absolute atomic E-state index is 0.247. The Morgan fingerprint density at radius 3 is 2.52 bits per heavy atom. The predicted octanol–water partition coefficient (Wildman–Crippen LogP) is 0.727. The van der Waals surface area contributed by atoms with Gasteiger partial charge in [0.2, 0.25) is 0 Å². The maximum atomic E-state index is 11.0. The number of rotatable bonds is 5. The van der Waals surface area contributed by atoms with Gasteiger partial charge in [-0.1, -0.05) is 18.2 Å². The SMILES string of the molecule is O=[N+]([O-])c1ccccc1CCN1CCN(C2CNC2)CC1. The lowest BCUT2D eigenvalue weighted by Gasteiger charge is -2.43. The molecular weight excluding hydrogens is 268 g/mol. The fourth-order valence-electron chi connectivity index (χ4n) is 3.06. The second-order valence-electron chi connectivity index (χ2n) is 5.83. The van der Waals surface area contributed by atoms with Crippen LogP contribution in [0.3, 0.4) is 0 Å². The molecule has 2 aliphatic rings. The molecule has 3 rings (SSSR count). The molecule has 6 nitrogen and oxygen atoms in total. The van der Waals surface area contributed by atoms with Crippen LogP contribution in [0, 0.1) is 10.1 Å². The minimum atomic E-state index is -0.281. The molecule has 0 amide bonds. The smallest absolute Gasteiger partial charge is 0.272 e. The fourth-order valence-corrected chi connectivity index (χ4v) is 3.06. The van der Waals surface area contributed by atoms with E-state index in [1.54, 1.807) is 12.1 Å². The van der Waals surface area contributed by atoms with Crippen molar-refractivity contribution < 1.29 is 4.92 Å². The summed E-state index contributed by atoms with van der Waals surface area (Å²) in [5, 5.41) is 14.3. The largest absolute Gasteiger partial charge is 0.314 e. The predicted molar refractivity (Wildman–Crippen MR) is 81.5 cm³/mol. The first-order valence-electron chi connectivity index (χ1n) is 7.63. The maximum Gasteiger partial charge on any atom is 0.272 e. The summed E-state index contributed by atoms with van der Waals surface area (Å²) in [7, 11) is 0. The van der Waals surface area contributed by atoms with Crippen molar-refractivity contribution in [3.8, 4) is 0 Å². The first-order chi connectivity index (χ1) is 10.2. The van der Waals surface area contributed by atoms with E-state index < -0.39 is 0 Å². The lowest BCUT2D eigenvalue weighted by Crippen LogP contribution is -2.61. The summed E-state index contributed by atoms with van der Waals surface area (Å²) >= 11 is 0. The van der Waals surface area contributed by atoms with Gasteiger partial charge in [0, 0.05) is 63.5 Å². The molecule has 1 N–H and O–H groups in total. The zero-order valence-electron chi connectivity index (χ0n) is 12.2. The molecule has 114 valence electrons. The summed E-state index contributed by atoms with van der Waals surface area (Å²) in [6.45, 7) is 7.51. The third-order valence-corrected chi connectivity index (χ3v) is 4.57. The molecule has 0 spiro atoms. The number of hydrogen-bond donors (Lipinski definition) is 1. The van der Waals surface area contributed by atoms with Gasteiger partial charge in [0.1, 0.15) is 0 Å². The molecule has 1 aromatic rings. The summed E-state index contributed by atoms with van der Waals surface area (Å²) in [6.07, 6.45) is 0.752. The Morgan fingerprint density at radius 2 is 1.90 bits per heavy atom. The van der Waals surface area contributed by atoms with E-state index in [9.17, 15) is 10.1 Å². The number of nitrogens with one attached hydrogen (secondary N) is 1. The van der Waals surface area contributed by atoms with Crippen LogP contribution in [0.2, 0.25) is 0 Å². The average Bonchev–Trinajstić information content (AvgIpc) is 2.45. The van der Waals surface area contributed by atoms with Gasteiger partial charge in [-0.25, -0.2) is 0 Å². The van der Waals surface area contributed by atoms with E-state index in [-0.39, 0.29) is 10.6 Å². The molecule has 0 radical (unpaired) electrons. The highest BCUT2D eigenvalue weighted by Gasteiger charge is 2.27. The zero-order valence-corrected chi connectivity index (χ0v) is 12.2. The second kappa shape index (κ2) is 6.51. The molecule has 21 heavy (non-hydrogen) atoms. The van der Waals surface area contributed by atoms with Crippen molar-refractivity contribution in [2.75, 3.05) is 45.8 Å². The first-order valence-corrected chi connectivity index (χ1v) is 7.63. The van der Waals surface area contributed by atoms with Crippen LogP contribution in [0.1, 0.15) is 5.56 Å². The Labute approximate surface area is 124 Å². The lowest BCUT2D eigenvalue weighted by molar-refractivity contribution is -0.385. The standard InChI is InChI=1S/C15H22N4O2/c20-19(21)15-4-2-1-3-13(15)5-6-17-7-9-18(10-8-17)14-11-16-12-14/h1-4,14,16H,5-12H2. The fraction of sp³-hybridized carbons (Fsp3) is 0.600. The van der Waals surface area contributed by atoms with Gasteiger partial charge in [-0.05, 0) is 6.42 Å². The van der Waals surface area contributed by atoms with Gasteiger partial charge in [-0.3, -0.25) is 15.0 Å². The van der Waals surface area contributed by atoms with Gasteiger partial charge >= 0.3 is 0 Å². The van der Waals surface area contributed by atoms with Crippen molar-refractivity contribution in [2.45, 2.75) is 12.5 Å².